The van der Waals surface area contributed by atoms with Crippen molar-refractivity contribution in [2.75, 3.05) is 26.2 Å². The highest BCUT2D eigenvalue weighted by Crippen LogP contribution is 2.34. The lowest BCUT2D eigenvalue weighted by Crippen LogP contribution is -2.58. The second-order valence-corrected chi connectivity index (χ2v) is 6.85. The second-order valence-electron chi connectivity index (χ2n) is 6.85. The van der Waals surface area contributed by atoms with Crippen LogP contribution in [0.4, 0.5) is 0 Å². The Bertz CT molecular complexity index is 744. The minimum Gasteiger partial charge on any atom is -0.334 e. The van der Waals surface area contributed by atoms with Crippen LogP contribution in [0, 0.1) is 5.92 Å². The number of rotatable bonds is 1. The number of amides is 1. The van der Waals surface area contributed by atoms with E-state index in [4.69, 9.17) is 0 Å². The first-order valence-electron chi connectivity index (χ1n) is 8.30. The molecule has 2 bridgehead atoms. The van der Waals surface area contributed by atoms with Gasteiger partial charge in [-0.2, -0.15) is 5.10 Å². The van der Waals surface area contributed by atoms with Gasteiger partial charge in [0.1, 0.15) is 0 Å². The zero-order chi connectivity index (χ0) is 14.7. The van der Waals surface area contributed by atoms with Gasteiger partial charge in [0.25, 0.3) is 5.91 Å². The highest BCUT2D eigenvalue weighted by Gasteiger charge is 2.40. The number of hydrogen-bond donors (Lipinski definition) is 1. The summed E-state index contributed by atoms with van der Waals surface area (Å²) < 4.78 is 0. The minimum atomic E-state index is 0.199. The van der Waals surface area contributed by atoms with Crippen molar-refractivity contribution in [2.24, 2.45) is 5.92 Å². The standard InChI is InChI=1S/C17H20N4O/c22-17-12-2-1-3-13-16(12)14(19-18-13)6-9-21(17)15-10-20-7-4-11(15)5-8-20/h1-3,11,15H,4-10H2,(H,18,19)/t15-/m1/s1. The van der Waals surface area contributed by atoms with E-state index in [1.807, 2.05) is 18.2 Å². The van der Waals surface area contributed by atoms with Crippen molar-refractivity contribution in [2.45, 2.75) is 25.3 Å². The van der Waals surface area contributed by atoms with Gasteiger partial charge in [-0.1, -0.05) is 6.07 Å². The molecule has 3 saturated heterocycles. The molecule has 22 heavy (non-hydrogen) atoms. The number of carbonyl (C=O) groups excluding carboxylic acids is 1. The fourth-order valence-electron chi connectivity index (χ4n) is 4.59. The largest absolute Gasteiger partial charge is 0.334 e. The van der Waals surface area contributed by atoms with E-state index in [1.54, 1.807) is 0 Å². The molecule has 3 fully saturated rings. The molecular weight excluding hydrogens is 276 g/mol. The molecule has 6 rings (SSSR count). The smallest absolute Gasteiger partial charge is 0.254 e. The maximum atomic E-state index is 13.2. The molecule has 1 aromatic carbocycles. The quantitative estimate of drug-likeness (QED) is 0.870. The van der Waals surface area contributed by atoms with Crippen LogP contribution >= 0.6 is 0 Å². The Labute approximate surface area is 129 Å². The Kier molecular flexibility index (Phi) is 2.62. The van der Waals surface area contributed by atoms with E-state index in [-0.39, 0.29) is 5.91 Å². The Morgan fingerprint density at radius 3 is 2.82 bits per heavy atom. The number of benzene rings is 1. The lowest BCUT2D eigenvalue weighted by molar-refractivity contribution is 0.00821. The number of piperidine rings is 3. The van der Waals surface area contributed by atoms with Gasteiger partial charge in [-0.25, -0.2) is 0 Å². The maximum absolute atomic E-state index is 13.2. The average molecular weight is 296 g/mol. The minimum absolute atomic E-state index is 0.199. The van der Waals surface area contributed by atoms with Crippen molar-refractivity contribution in [3.63, 3.8) is 0 Å². The normalized spacial score (nSPS) is 30.8. The summed E-state index contributed by atoms with van der Waals surface area (Å²) in [4.78, 5) is 17.8. The molecule has 5 nitrogen and oxygen atoms in total. The molecule has 0 aliphatic carbocycles. The Morgan fingerprint density at radius 2 is 2.05 bits per heavy atom. The van der Waals surface area contributed by atoms with Crippen molar-refractivity contribution in [1.29, 1.82) is 0 Å². The molecule has 1 atom stereocenters. The van der Waals surface area contributed by atoms with Crippen molar-refractivity contribution in [1.82, 2.24) is 20.0 Å². The third-order valence-corrected chi connectivity index (χ3v) is 5.77. The molecule has 0 spiro atoms. The molecule has 1 aromatic heterocycles. The number of aromatic amines is 1. The SMILES string of the molecule is O=C1c2cccc3[nH]nc(c23)CCN1[C@@H]1CN2CCC1CC2. The average Bonchev–Trinajstić information content (AvgIpc) is 2.93. The predicted molar refractivity (Wildman–Crippen MR) is 83.8 cm³/mol. The Morgan fingerprint density at radius 1 is 1.18 bits per heavy atom. The van der Waals surface area contributed by atoms with Gasteiger partial charge in [-0.15, -0.1) is 0 Å². The van der Waals surface area contributed by atoms with Gasteiger partial charge < -0.3 is 9.80 Å². The summed E-state index contributed by atoms with van der Waals surface area (Å²) in [5.41, 5.74) is 2.86. The number of nitrogens with one attached hydrogen (secondary N) is 1. The molecule has 0 radical (unpaired) electrons. The van der Waals surface area contributed by atoms with Gasteiger partial charge in [-0.3, -0.25) is 9.89 Å². The van der Waals surface area contributed by atoms with E-state index in [2.05, 4.69) is 20.0 Å². The third-order valence-electron chi connectivity index (χ3n) is 5.77. The van der Waals surface area contributed by atoms with Crippen LogP contribution in [0.1, 0.15) is 28.9 Å². The number of aromatic nitrogens is 2. The van der Waals surface area contributed by atoms with Crippen molar-refractivity contribution < 1.29 is 4.79 Å². The molecule has 2 aromatic rings. The first-order valence-corrected chi connectivity index (χ1v) is 8.30. The molecule has 114 valence electrons. The van der Waals surface area contributed by atoms with Crippen LogP contribution in [0.2, 0.25) is 0 Å². The van der Waals surface area contributed by atoms with E-state index in [0.29, 0.717) is 12.0 Å². The fraction of sp³-hybridized carbons (Fsp3) is 0.529. The zero-order valence-electron chi connectivity index (χ0n) is 12.6. The van der Waals surface area contributed by atoms with E-state index in [9.17, 15) is 4.79 Å². The Balaban J connectivity index is 1.56. The highest BCUT2D eigenvalue weighted by atomic mass is 16.2. The van der Waals surface area contributed by atoms with Gasteiger partial charge in [0, 0.05) is 30.9 Å². The lowest BCUT2D eigenvalue weighted by atomic mass is 9.83. The van der Waals surface area contributed by atoms with Crippen LogP contribution in [-0.2, 0) is 6.42 Å². The van der Waals surface area contributed by atoms with E-state index in [1.165, 1.54) is 25.9 Å². The summed E-state index contributed by atoms with van der Waals surface area (Å²) in [7, 11) is 0. The van der Waals surface area contributed by atoms with Crippen molar-refractivity contribution >= 4 is 16.8 Å². The summed E-state index contributed by atoms with van der Waals surface area (Å²) >= 11 is 0. The number of H-pyrrole nitrogens is 1. The van der Waals surface area contributed by atoms with Gasteiger partial charge in [0.15, 0.2) is 0 Å². The number of hydrogen-bond acceptors (Lipinski definition) is 3. The topological polar surface area (TPSA) is 52.2 Å². The van der Waals surface area contributed by atoms with Gasteiger partial charge in [0.2, 0.25) is 0 Å². The molecule has 4 aliphatic heterocycles. The summed E-state index contributed by atoms with van der Waals surface area (Å²) in [5, 5.41) is 8.53. The first kappa shape index (κ1) is 12.6. The molecule has 4 aliphatic rings. The molecular formula is C17H20N4O. The van der Waals surface area contributed by atoms with Crippen LogP contribution in [-0.4, -0.2) is 58.1 Å². The lowest BCUT2D eigenvalue weighted by Gasteiger charge is -2.49. The molecule has 1 amide bonds. The van der Waals surface area contributed by atoms with E-state index < -0.39 is 0 Å². The number of nitrogens with zero attached hydrogens (tertiary/aromatic N) is 3. The van der Waals surface area contributed by atoms with Crippen molar-refractivity contribution in [3.05, 3.63) is 29.5 Å². The van der Waals surface area contributed by atoms with Gasteiger partial charge in [-0.05, 0) is 44.0 Å². The summed E-state index contributed by atoms with van der Waals surface area (Å²) in [6.45, 7) is 4.26. The van der Waals surface area contributed by atoms with Crippen molar-refractivity contribution in [3.8, 4) is 0 Å². The monoisotopic (exact) mass is 296 g/mol. The Hall–Kier alpha value is -1.88. The summed E-state index contributed by atoms with van der Waals surface area (Å²) in [5.74, 6) is 0.879. The van der Waals surface area contributed by atoms with E-state index in [0.717, 1.165) is 41.7 Å². The fourth-order valence-corrected chi connectivity index (χ4v) is 4.59. The van der Waals surface area contributed by atoms with Crippen LogP contribution in [0.25, 0.3) is 10.9 Å². The summed E-state index contributed by atoms with van der Waals surface area (Å²) in [6.07, 6.45) is 3.33. The van der Waals surface area contributed by atoms with Crippen LogP contribution in [0.15, 0.2) is 18.2 Å². The molecule has 1 N–H and O–H groups in total. The number of carbonyl (C=O) groups is 1. The second kappa shape index (κ2) is 4.56. The first-order chi connectivity index (χ1) is 10.8. The third kappa shape index (κ3) is 1.69. The zero-order valence-corrected chi connectivity index (χ0v) is 12.6. The molecule has 5 heterocycles. The molecule has 0 saturated carbocycles. The van der Waals surface area contributed by atoms with Gasteiger partial charge >= 0.3 is 0 Å². The van der Waals surface area contributed by atoms with E-state index >= 15 is 0 Å². The van der Waals surface area contributed by atoms with Crippen LogP contribution in [0.5, 0.6) is 0 Å². The molecule has 5 heteroatoms. The van der Waals surface area contributed by atoms with Crippen LogP contribution in [0.3, 0.4) is 0 Å². The maximum Gasteiger partial charge on any atom is 0.254 e. The van der Waals surface area contributed by atoms with Gasteiger partial charge in [0.05, 0.1) is 16.8 Å². The predicted octanol–water partition coefficient (Wildman–Crippen LogP) is 1.66. The summed E-state index contributed by atoms with van der Waals surface area (Å²) in [6, 6.07) is 6.31. The number of fused-ring (bicyclic) bond motifs is 3. The highest BCUT2D eigenvalue weighted by molar-refractivity contribution is 6.07. The van der Waals surface area contributed by atoms with Crippen LogP contribution < -0.4 is 0 Å². The molecule has 0 unspecified atom stereocenters.